The van der Waals surface area contributed by atoms with Gasteiger partial charge in [0.05, 0.1) is 6.04 Å². The van der Waals surface area contributed by atoms with E-state index in [1.807, 2.05) is 6.92 Å². The lowest BCUT2D eigenvalue weighted by Crippen LogP contribution is -2.29. The van der Waals surface area contributed by atoms with Gasteiger partial charge in [0.15, 0.2) is 0 Å². The SMILES string of the molecule is C#CC(CC)NCCSC(F)(F)F. The second-order valence-electron chi connectivity index (χ2n) is 2.38. The summed E-state index contributed by atoms with van der Waals surface area (Å²) >= 11 is -0.0346. The Balaban J connectivity index is 3.41. The molecule has 1 nitrogen and oxygen atoms in total. The van der Waals surface area contributed by atoms with Gasteiger partial charge in [-0.25, -0.2) is 0 Å². The Kier molecular flexibility index (Phi) is 6.00. The van der Waals surface area contributed by atoms with Gasteiger partial charge in [0.25, 0.3) is 0 Å². The molecule has 13 heavy (non-hydrogen) atoms. The molecule has 76 valence electrons. The summed E-state index contributed by atoms with van der Waals surface area (Å²) in [4.78, 5) is 0. The first-order valence-electron chi connectivity index (χ1n) is 3.89. The molecule has 1 N–H and O–H groups in total. The van der Waals surface area contributed by atoms with Crippen LogP contribution >= 0.6 is 11.8 Å². The molecule has 5 heteroatoms. The molecule has 0 aliphatic rings. The molecular weight excluding hydrogens is 199 g/mol. The van der Waals surface area contributed by atoms with Crippen molar-refractivity contribution in [1.82, 2.24) is 5.32 Å². The van der Waals surface area contributed by atoms with Crippen molar-refractivity contribution in [3.63, 3.8) is 0 Å². The van der Waals surface area contributed by atoms with Gasteiger partial charge in [-0.2, -0.15) is 13.2 Å². The first-order valence-corrected chi connectivity index (χ1v) is 4.88. The molecule has 0 aromatic rings. The van der Waals surface area contributed by atoms with Gasteiger partial charge in [-0.15, -0.1) is 6.42 Å². The number of nitrogens with one attached hydrogen (secondary N) is 1. The van der Waals surface area contributed by atoms with Crippen molar-refractivity contribution in [3.05, 3.63) is 0 Å². The normalized spacial score (nSPS) is 13.8. The van der Waals surface area contributed by atoms with Gasteiger partial charge in [0.1, 0.15) is 0 Å². The molecule has 0 rings (SSSR count). The molecule has 0 radical (unpaired) electrons. The predicted molar refractivity (Wildman–Crippen MR) is 49.4 cm³/mol. The molecule has 0 aliphatic heterocycles. The number of hydrogen-bond donors (Lipinski definition) is 1. The van der Waals surface area contributed by atoms with Crippen molar-refractivity contribution in [3.8, 4) is 12.3 Å². The van der Waals surface area contributed by atoms with Crippen LogP contribution in [0.3, 0.4) is 0 Å². The van der Waals surface area contributed by atoms with Crippen LogP contribution in [0.1, 0.15) is 13.3 Å². The molecular formula is C8H12F3NS. The van der Waals surface area contributed by atoms with Crippen LogP contribution in [0.4, 0.5) is 13.2 Å². The van der Waals surface area contributed by atoms with E-state index in [4.69, 9.17) is 6.42 Å². The Morgan fingerprint density at radius 2 is 2.15 bits per heavy atom. The molecule has 1 atom stereocenters. The molecule has 0 bridgehead atoms. The highest BCUT2D eigenvalue weighted by molar-refractivity contribution is 8.00. The maximum Gasteiger partial charge on any atom is 0.441 e. The van der Waals surface area contributed by atoms with Crippen molar-refractivity contribution < 1.29 is 13.2 Å². The summed E-state index contributed by atoms with van der Waals surface area (Å²) in [6, 6.07) is -0.117. The van der Waals surface area contributed by atoms with Crippen LogP contribution in [-0.4, -0.2) is 23.8 Å². The van der Waals surface area contributed by atoms with Crippen LogP contribution in [-0.2, 0) is 0 Å². The van der Waals surface area contributed by atoms with Crippen LogP contribution in [0, 0.1) is 12.3 Å². The minimum Gasteiger partial charge on any atom is -0.303 e. The van der Waals surface area contributed by atoms with Gasteiger partial charge >= 0.3 is 5.51 Å². The van der Waals surface area contributed by atoms with Crippen molar-refractivity contribution in [1.29, 1.82) is 0 Å². The monoisotopic (exact) mass is 211 g/mol. The minimum absolute atomic E-state index is 0.00167. The third kappa shape index (κ3) is 8.00. The van der Waals surface area contributed by atoms with Gasteiger partial charge in [0, 0.05) is 12.3 Å². The maximum absolute atomic E-state index is 11.6. The average molecular weight is 211 g/mol. The Labute approximate surface area is 80.5 Å². The number of terminal acetylenes is 1. The number of alkyl halides is 3. The van der Waals surface area contributed by atoms with Crippen molar-refractivity contribution in [2.24, 2.45) is 0 Å². The van der Waals surface area contributed by atoms with Crippen LogP contribution in [0.15, 0.2) is 0 Å². The van der Waals surface area contributed by atoms with Crippen LogP contribution in [0.2, 0.25) is 0 Å². The molecule has 0 spiro atoms. The van der Waals surface area contributed by atoms with E-state index in [1.54, 1.807) is 0 Å². The lowest BCUT2D eigenvalue weighted by molar-refractivity contribution is -0.0327. The summed E-state index contributed by atoms with van der Waals surface area (Å²) in [7, 11) is 0. The Morgan fingerprint density at radius 1 is 1.54 bits per heavy atom. The van der Waals surface area contributed by atoms with E-state index in [9.17, 15) is 13.2 Å². The van der Waals surface area contributed by atoms with Crippen LogP contribution in [0.25, 0.3) is 0 Å². The zero-order valence-corrected chi connectivity index (χ0v) is 8.13. The van der Waals surface area contributed by atoms with E-state index >= 15 is 0 Å². The zero-order chi connectivity index (χ0) is 10.3. The number of hydrogen-bond acceptors (Lipinski definition) is 2. The van der Waals surface area contributed by atoms with Crippen molar-refractivity contribution in [2.45, 2.75) is 24.9 Å². The van der Waals surface area contributed by atoms with E-state index in [1.165, 1.54) is 0 Å². The van der Waals surface area contributed by atoms with E-state index in [0.29, 0.717) is 0 Å². The Morgan fingerprint density at radius 3 is 2.54 bits per heavy atom. The van der Waals surface area contributed by atoms with Gasteiger partial charge < -0.3 is 5.32 Å². The van der Waals surface area contributed by atoms with Gasteiger partial charge in [-0.1, -0.05) is 12.8 Å². The first-order chi connectivity index (χ1) is 5.99. The zero-order valence-electron chi connectivity index (χ0n) is 7.32. The molecule has 0 fully saturated rings. The number of rotatable bonds is 5. The van der Waals surface area contributed by atoms with Gasteiger partial charge in [-0.3, -0.25) is 0 Å². The fraction of sp³-hybridized carbons (Fsp3) is 0.750. The lowest BCUT2D eigenvalue weighted by Gasteiger charge is -2.10. The fourth-order valence-corrected chi connectivity index (χ4v) is 1.17. The van der Waals surface area contributed by atoms with Crippen LogP contribution < -0.4 is 5.32 Å². The Bertz CT molecular complexity index is 173. The largest absolute Gasteiger partial charge is 0.441 e. The second kappa shape index (κ2) is 6.17. The molecule has 0 heterocycles. The summed E-state index contributed by atoms with van der Waals surface area (Å²) in [6.07, 6.45) is 5.84. The highest BCUT2D eigenvalue weighted by Crippen LogP contribution is 2.29. The molecule has 1 unspecified atom stereocenters. The minimum atomic E-state index is -4.14. The van der Waals surface area contributed by atoms with E-state index in [2.05, 4.69) is 11.2 Å². The summed E-state index contributed by atoms with van der Waals surface area (Å²) in [6.45, 7) is 2.17. The third-order valence-electron chi connectivity index (χ3n) is 1.37. The smallest absolute Gasteiger partial charge is 0.303 e. The van der Waals surface area contributed by atoms with Gasteiger partial charge in [0.2, 0.25) is 0 Å². The fourth-order valence-electron chi connectivity index (χ4n) is 0.721. The van der Waals surface area contributed by atoms with Crippen molar-refractivity contribution in [2.75, 3.05) is 12.3 Å². The van der Waals surface area contributed by atoms with E-state index in [-0.39, 0.29) is 30.1 Å². The third-order valence-corrected chi connectivity index (χ3v) is 2.10. The highest BCUT2D eigenvalue weighted by Gasteiger charge is 2.27. The molecule has 0 saturated carbocycles. The van der Waals surface area contributed by atoms with Crippen molar-refractivity contribution >= 4 is 11.8 Å². The highest BCUT2D eigenvalue weighted by atomic mass is 32.2. The molecule has 0 saturated heterocycles. The summed E-state index contributed by atoms with van der Waals surface area (Å²) in [5, 5.41) is 2.83. The molecule has 0 aliphatic carbocycles. The topological polar surface area (TPSA) is 12.0 Å². The average Bonchev–Trinajstić information content (AvgIpc) is 2.03. The Hall–Kier alpha value is -0.340. The summed E-state index contributed by atoms with van der Waals surface area (Å²) in [5.41, 5.74) is -4.14. The first kappa shape index (κ1) is 12.7. The summed E-state index contributed by atoms with van der Waals surface area (Å²) < 4.78 is 34.9. The van der Waals surface area contributed by atoms with Gasteiger partial charge in [-0.05, 0) is 18.2 Å². The predicted octanol–water partition coefficient (Wildman–Crippen LogP) is 2.24. The molecule has 0 aromatic heterocycles. The number of thioether (sulfide) groups is 1. The standard InChI is InChI=1S/C8H12F3NS/c1-3-7(4-2)12-5-6-13-8(9,10)11/h1,7,12H,4-6H2,2H3. The molecule has 0 amide bonds. The van der Waals surface area contributed by atoms with Crippen LogP contribution in [0.5, 0.6) is 0 Å². The summed E-state index contributed by atoms with van der Waals surface area (Å²) in [5.74, 6) is 2.45. The van der Waals surface area contributed by atoms with E-state index < -0.39 is 5.51 Å². The van der Waals surface area contributed by atoms with E-state index in [0.717, 1.165) is 6.42 Å². The lowest BCUT2D eigenvalue weighted by atomic mass is 10.2. The quantitative estimate of drug-likeness (QED) is 0.553. The second-order valence-corrected chi connectivity index (χ2v) is 3.54. The maximum atomic E-state index is 11.6. The molecule has 0 aromatic carbocycles. The number of halogens is 3.